The Morgan fingerprint density at radius 1 is 1.41 bits per heavy atom. The lowest BCUT2D eigenvalue weighted by Crippen LogP contribution is -2.52. The Labute approximate surface area is 104 Å². The van der Waals surface area contributed by atoms with Gasteiger partial charge in [-0.05, 0) is 12.0 Å². The molecule has 0 saturated carbocycles. The molecule has 0 aromatic heterocycles. The first-order valence-corrected chi connectivity index (χ1v) is 6.31. The molecule has 1 fully saturated rings. The molecule has 0 bridgehead atoms. The van der Waals surface area contributed by atoms with Gasteiger partial charge < -0.3 is 5.32 Å². The van der Waals surface area contributed by atoms with Gasteiger partial charge in [-0.15, -0.1) is 6.42 Å². The van der Waals surface area contributed by atoms with Gasteiger partial charge in [0.2, 0.25) is 0 Å². The lowest BCUT2D eigenvalue weighted by Gasteiger charge is -2.39. The van der Waals surface area contributed by atoms with E-state index in [1.165, 1.54) is 5.56 Å². The number of hydrogen-bond donors (Lipinski definition) is 1. The predicted octanol–water partition coefficient (Wildman–Crippen LogP) is 2.04. The van der Waals surface area contributed by atoms with E-state index in [1.54, 1.807) is 0 Å². The average molecular weight is 228 g/mol. The number of nitrogens with one attached hydrogen (secondary N) is 1. The second-order valence-electron chi connectivity index (χ2n) is 4.57. The van der Waals surface area contributed by atoms with Crippen molar-refractivity contribution in [2.75, 3.05) is 19.6 Å². The molecule has 1 aromatic rings. The summed E-state index contributed by atoms with van der Waals surface area (Å²) in [6.45, 7) is 4.98. The number of terminal acetylenes is 1. The maximum Gasteiger partial charge on any atom is 0.0605 e. The largest absolute Gasteiger partial charge is 0.311 e. The van der Waals surface area contributed by atoms with Crippen molar-refractivity contribution in [3.8, 4) is 12.3 Å². The van der Waals surface area contributed by atoms with Crippen LogP contribution in [0, 0.1) is 12.3 Å². The molecule has 2 nitrogen and oxygen atoms in total. The minimum absolute atomic E-state index is 0.412. The molecule has 1 saturated heterocycles. The van der Waals surface area contributed by atoms with Gasteiger partial charge in [-0.3, -0.25) is 4.90 Å². The fraction of sp³-hybridized carbons (Fsp3) is 0.467. The van der Waals surface area contributed by atoms with E-state index in [2.05, 4.69) is 53.4 Å². The van der Waals surface area contributed by atoms with Gasteiger partial charge in [-0.1, -0.05) is 43.2 Å². The van der Waals surface area contributed by atoms with E-state index >= 15 is 0 Å². The zero-order valence-electron chi connectivity index (χ0n) is 10.4. The summed E-state index contributed by atoms with van der Waals surface area (Å²) in [5.41, 5.74) is 1.35. The van der Waals surface area contributed by atoms with Gasteiger partial charge in [0.25, 0.3) is 0 Å². The molecule has 1 aliphatic rings. The van der Waals surface area contributed by atoms with Crippen LogP contribution in [-0.4, -0.2) is 30.6 Å². The van der Waals surface area contributed by atoms with Crippen LogP contribution in [0.4, 0.5) is 0 Å². The van der Waals surface area contributed by atoms with Crippen molar-refractivity contribution in [1.82, 2.24) is 10.2 Å². The Balaban J connectivity index is 2.13. The van der Waals surface area contributed by atoms with Crippen LogP contribution in [0.1, 0.15) is 24.9 Å². The average Bonchev–Trinajstić information content (AvgIpc) is 2.40. The monoisotopic (exact) mass is 228 g/mol. The standard InChI is InChI=1S/C15H20N2/c1-3-10-17-12-14(4-2)16-11-15(17)13-8-6-5-7-9-13/h1,5-9,14-16H,4,10-12H2,2H3. The molecule has 0 radical (unpaired) electrons. The molecular formula is C15H20N2. The molecule has 0 spiro atoms. The van der Waals surface area contributed by atoms with Crippen molar-refractivity contribution < 1.29 is 0 Å². The summed E-state index contributed by atoms with van der Waals surface area (Å²) in [7, 11) is 0. The molecule has 1 aliphatic heterocycles. The van der Waals surface area contributed by atoms with Crippen LogP contribution in [0.15, 0.2) is 30.3 Å². The Morgan fingerprint density at radius 2 is 2.18 bits per heavy atom. The summed E-state index contributed by atoms with van der Waals surface area (Å²) in [6.07, 6.45) is 6.63. The fourth-order valence-electron chi connectivity index (χ4n) is 2.45. The highest BCUT2D eigenvalue weighted by Crippen LogP contribution is 2.23. The molecule has 17 heavy (non-hydrogen) atoms. The van der Waals surface area contributed by atoms with Gasteiger partial charge in [0.05, 0.1) is 6.54 Å². The van der Waals surface area contributed by atoms with Gasteiger partial charge in [0.1, 0.15) is 0 Å². The van der Waals surface area contributed by atoms with Gasteiger partial charge in [-0.2, -0.15) is 0 Å². The molecule has 0 aliphatic carbocycles. The number of rotatable bonds is 3. The molecule has 2 rings (SSSR count). The van der Waals surface area contributed by atoms with Crippen LogP contribution < -0.4 is 5.32 Å². The van der Waals surface area contributed by atoms with Crippen molar-refractivity contribution in [3.63, 3.8) is 0 Å². The van der Waals surface area contributed by atoms with E-state index in [0.29, 0.717) is 12.1 Å². The van der Waals surface area contributed by atoms with Crippen molar-refractivity contribution >= 4 is 0 Å². The Hall–Kier alpha value is -1.30. The summed E-state index contributed by atoms with van der Waals surface area (Å²) in [6, 6.07) is 11.6. The fourth-order valence-corrected chi connectivity index (χ4v) is 2.45. The van der Waals surface area contributed by atoms with Crippen LogP contribution >= 0.6 is 0 Å². The highest BCUT2D eigenvalue weighted by molar-refractivity contribution is 5.20. The van der Waals surface area contributed by atoms with Crippen molar-refractivity contribution in [2.24, 2.45) is 0 Å². The number of hydrogen-bond acceptors (Lipinski definition) is 2. The first-order chi connectivity index (χ1) is 8.35. The lowest BCUT2D eigenvalue weighted by molar-refractivity contribution is 0.146. The second-order valence-corrected chi connectivity index (χ2v) is 4.57. The van der Waals surface area contributed by atoms with Crippen LogP contribution in [0.25, 0.3) is 0 Å². The Morgan fingerprint density at radius 3 is 2.82 bits per heavy atom. The second kappa shape index (κ2) is 5.86. The minimum atomic E-state index is 0.412. The summed E-state index contributed by atoms with van der Waals surface area (Å²) in [5, 5.41) is 3.60. The lowest BCUT2D eigenvalue weighted by atomic mass is 10.0. The third kappa shape index (κ3) is 2.88. The van der Waals surface area contributed by atoms with E-state index in [9.17, 15) is 0 Å². The maximum absolute atomic E-state index is 5.47. The van der Waals surface area contributed by atoms with E-state index in [4.69, 9.17) is 6.42 Å². The zero-order valence-corrected chi connectivity index (χ0v) is 10.4. The number of piperazine rings is 1. The summed E-state index contributed by atoms with van der Waals surface area (Å²) < 4.78 is 0. The number of nitrogens with zero attached hydrogens (tertiary/aromatic N) is 1. The molecule has 2 heteroatoms. The summed E-state index contributed by atoms with van der Waals surface area (Å²) >= 11 is 0. The van der Waals surface area contributed by atoms with Crippen molar-refractivity contribution in [2.45, 2.75) is 25.4 Å². The van der Waals surface area contributed by atoms with Crippen LogP contribution in [0.2, 0.25) is 0 Å². The molecule has 1 aromatic carbocycles. The van der Waals surface area contributed by atoms with Gasteiger partial charge in [0, 0.05) is 25.2 Å². The minimum Gasteiger partial charge on any atom is -0.311 e. The normalized spacial score (nSPS) is 25.4. The quantitative estimate of drug-likeness (QED) is 0.797. The SMILES string of the molecule is C#CCN1CC(CC)NCC1c1ccccc1. The first kappa shape index (κ1) is 12.2. The Bertz CT molecular complexity index is 380. The van der Waals surface area contributed by atoms with E-state index in [0.717, 1.165) is 26.1 Å². The van der Waals surface area contributed by atoms with Crippen molar-refractivity contribution in [1.29, 1.82) is 0 Å². The zero-order chi connectivity index (χ0) is 12.1. The van der Waals surface area contributed by atoms with Crippen molar-refractivity contribution in [3.05, 3.63) is 35.9 Å². The van der Waals surface area contributed by atoms with E-state index in [-0.39, 0.29) is 0 Å². The third-order valence-corrected chi connectivity index (χ3v) is 3.47. The molecule has 1 heterocycles. The van der Waals surface area contributed by atoms with E-state index < -0.39 is 0 Å². The van der Waals surface area contributed by atoms with E-state index in [1.807, 2.05) is 0 Å². The molecule has 90 valence electrons. The van der Waals surface area contributed by atoms with Gasteiger partial charge in [0.15, 0.2) is 0 Å². The van der Waals surface area contributed by atoms with Crippen LogP contribution in [-0.2, 0) is 0 Å². The molecule has 0 amide bonds. The molecule has 1 N–H and O–H groups in total. The number of benzene rings is 1. The Kier molecular flexibility index (Phi) is 4.19. The van der Waals surface area contributed by atoms with Crippen LogP contribution in [0.3, 0.4) is 0 Å². The summed E-state index contributed by atoms with van der Waals surface area (Å²) in [4.78, 5) is 2.40. The summed E-state index contributed by atoms with van der Waals surface area (Å²) in [5.74, 6) is 2.78. The third-order valence-electron chi connectivity index (χ3n) is 3.47. The smallest absolute Gasteiger partial charge is 0.0605 e. The van der Waals surface area contributed by atoms with Gasteiger partial charge >= 0.3 is 0 Å². The predicted molar refractivity (Wildman–Crippen MR) is 71.7 cm³/mol. The molecular weight excluding hydrogens is 208 g/mol. The van der Waals surface area contributed by atoms with Crippen LogP contribution in [0.5, 0.6) is 0 Å². The molecule has 2 unspecified atom stereocenters. The molecule has 2 atom stereocenters. The maximum atomic E-state index is 5.47. The first-order valence-electron chi connectivity index (χ1n) is 6.31. The highest BCUT2D eigenvalue weighted by atomic mass is 15.2. The van der Waals surface area contributed by atoms with Gasteiger partial charge in [-0.25, -0.2) is 0 Å². The highest BCUT2D eigenvalue weighted by Gasteiger charge is 2.27. The topological polar surface area (TPSA) is 15.3 Å².